The highest BCUT2D eigenvalue weighted by Crippen LogP contribution is 2.34. The highest BCUT2D eigenvalue weighted by atomic mass is 32.1. The molecule has 5 rings (SSSR count). The highest BCUT2D eigenvalue weighted by Gasteiger charge is 2.18. The Hall–Kier alpha value is -3.83. The minimum absolute atomic E-state index is 0.185. The van der Waals surface area contributed by atoms with Gasteiger partial charge in [-0.1, -0.05) is 48.0 Å². The molecule has 35 heavy (non-hydrogen) atoms. The van der Waals surface area contributed by atoms with Gasteiger partial charge in [0.1, 0.15) is 0 Å². The molecule has 174 valence electrons. The Morgan fingerprint density at radius 2 is 1.57 bits per heavy atom. The first-order valence-electron chi connectivity index (χ1n) is 11.6. The van der Waals surface area contributed by atoms with E-state index in [4.69, 9.17) is 9.97 Å². The molecule has 2 heterocycles. The molecule has 0 aliphatic carbocycles. The zero-order valence-electron chi connectivity index (χ0n) is 20.6. The lowest BCUT2D eigenvalue weighted by Gasteiger charge is -2.11. The Morgan fingerprint density at radius 3 is 2.37 bits per heavy atom. The van der Waals surface area contributed by atoms with Gasteiger partial charge in [-0.05, 0) is 75.6 Å². The Bertz CT molecular complexity index is 1600. The van der Waals surface area contributed by atoms with E-state index in [1.54, 1.807) is 0 Å². The molecule has 0 saturated carbocycles. The number of rotatable bonds is 4. The van der Waals surface area contributed by atoms with Crippen molar-refractivity contribution in [2.24, 2.45) is 0 Å². The van der Waals surface area contributed by atoms with E-state index in [2.05, 4.69) is 69.4 Å². The molecule has 5 aromatic rings. The Kier molecular flexibility index (Phi) is 5.95. The van der Waals surface area contributed by atoms with Crippen LogP contribution in [-0.2, 0) is 0 Å². The van der Waals surface area contributed by atoms with Crippen LogP contribution in [0.5, 0.6) is 0 Å². The summed E-state index contributed by atoms with van der Waals surface area (Å²) in [4.78, 5) is 24.3. The van der Waals surface area contributed by atoms with Crippen LogP contribution in [0.15, 0.2) is 66.7 Å². The summed E-state index contributed by atoms with van der Waals surface area (Å²) >= 11 is 1.50. The van der Waals surface area contributed by atoms with Crippen molar-refractivity contribution < 1.29 is 4.79 Å². The second-order valence-corrected chi connectivity index (χ2v) is 10.3. The fourth-order valence-corrected chi connectivity index (χ4v) is 5.09. The number of thiazole rings is 1. The Balaban J connectivity index is 1.54. The first kappa shape index (κ1) is 22.9. The number of nitrogens with one attached hydrogen (secondary N) is 1. The summed E-state index contributed by atoms with van der Waals surface area (Å²) in [5.41, 5.74) is 9.95. The Labute approximate surface area is 209 Å². The molecule has 0 fully saturated rings. The van der Waals surface area contributed by atoms with Crippen molar-refractivity contribution in [1.82, 2.24) is 9.97 Å². The summed E-state index contributed by atoms with van der Waals surface area (Å²) in [6, 6.07) is 22.3. The second-order valence-electron chi connectivity index (χ2n) is 9.07. The number of nitrogens with zero attached hydrogens (tertiary/aromatic N) is 2. The van der Waals surface area contributed by atoms with E-state index in [0.29, 0.717) is 10.7 Å². The molecular formula is C30H27N3OS. The maximum Gasteiger partial charge on any atom is 0.258 e. The zero-order chi connectivity index (χ0) is 24.7. The van der Waals surface area contributed by atoms with Crippen molar-refractivity contribution in [3.8, 4) is 22.5 Å². The summed E-state index contributed by atoms with van der Waals surface area (Å²) in [6.45, 7) is 10.4. The number of carbonyl (C=O) groups excluding carboxylic acids is 1. The number of carbonyl (C=O) groups is 1. The standard InChI is InChI=1S/C30H27N3OS/c1-17-10-11-19(3)24(14-17)28-21(5)35-30(32-28)33-29(34)25-16-27(22-13-12-18(2)20(4)15-22)31-26-9-7-6-8-23(25)26/h6-16H,1-5H3,(H,32,33,34). The average molecular weight is 478 g/mol. The van der Waals surface area contributed by atoms with E-state index in [1.807, 2.05) is 37.3 Å². The van der Waals surface area contributed by atoms with Gasteiger partial charge in [-0.25, -0.2) is 9.97 Å². The van der Waals surface area contributed by atoms with Gasteiger partial charge >= 0.3 is 0 Å². The van der Waals surface area contributed by atoms with Crippen LogP contribution in [-0.4, -0.2) is 15.9 Å². The van der Waals surface area contributed by atoms with Crippen molar-refractivity contribution in [2.75, 3.05) is 5.32 Å². The van der Waals surface area contributed by atoms with Gasteiger partial charge in [0.15, 0.2) is 5.13 Å². The van der Waals surface area contributed by atoms with Gasteiger partial charge in [-0.2, -0.15) is 0 Å². The van der Waals surface area contributed by atoms with Crippen LogP contribution in [0.1, 0.15) is 37.5 Å². The van der Waals surface area contributed by atoms with Crippen molar-refractivity contribution in [3.63, 3.8) is 0 Å². The van der Waals surface area contributed by atoms with Crippen LogP contribution in [0.25, 0.3) is 33.4 Å². The van der Waals surface area contributed by atoms with Gasteiger partial charge in [0, 0.05) is 21.4 Å². The number of fused-ring (bicyclic) bond motifs is 1. The monoisotopic (exact) mass is 477 g/mol. The molecule has 1 amide bonds. The van der Waals surface area contributed by atoms with Gasteiger partial charge in [0.25, 0.3) is 5.91 Å². The fraction of sp³-hybridized carbons (Fsp3) is 0.167. The lowest BCUT2D eigenvalue weighted by atomic mass is 10.0. The molecule has 0 unspecified atom stereocenters. The predicted molar refractivity (Wildman–Crippen MR) is 146 cm³/mol. The first-order chi connectivity index (χ1) is 16.8. The summed E-state index contributed by atoms with van der Waals surface area (Å²) in [7, 11) is 0. The summed E-state index contributed by atoms with van der Waals surface area (Å²) < 4.78 is 0. The third kappa shape index (κ3) is 4.47. The molecule has 5 heteroatoms. The van der Waals surface area contributed by atoms with Crippen LogP contribution in [0.3, 0.4) is 0 Å². The maximum atomic E-state index is 13.5. The van der Waals surface area contributed by atoms with Gasteiger partial charge < -0.3 is 0 Å². The van der Waals surface area contributed by atoms with E-state index in [9.17, 15) is 4.79 Å². The molecule has 4 nitrogen and oxygen atoms in total. The van der Waals surface area contributed by atoms with Gasteiger partial charge in [0.05, 0.1) is 22.5 Å². The normalized spacial score (nSPS) is 11.1. The summed E-state index contributed by atoms with van der Waals surface area (Å²) in [6.07, 6.45) is 0. The van der Waals surface area contributed by atoms with Crippen molar-refractivity contribution in [1.29, 1.82) is 0 Å². The van der Waals surface area contributed by atoms with Crippen LogP contribution in [0, 0.1) is 34.6 Å². The van der Waals surface area contributed by atoms with Crippen molar-refractivity contribution >= 4 is 33.3 Å². The minimum atomic E-state index is -0.185. The van der Waals surface area contributed by atoms with E-state index < -0.39 is 0 Å². The molecule has 0 aliphatic rings. The zero-order valence-corrected chi connectivity index (χ0v) is 21.4. The van der Waals surface area contributed by atoms with E-state index >= 15 is 0 Å². The summed E-state index contributed by atoms with van der Waals surface area (Å²) in [5.74, 6) is -0.185. The largest absolute Gasteiger partial charge is 0.298 e. The average Bonchev–Trinajstić information content (AvgIpc) is 3.21. The highest BCUT2D eigenvalue weighted by molar-refractivity contribution is 7.16. The maximum absolute atomic E-state index is 13.5. The molecule has 0 spiro atoms. The third-order valence-electron chi connectivity index (χ3n) is 6.43. The molecule has 3 aromatic carbocycles. The fourth-order valence-electron chi connectivity index (χ4n) is 4.27. The van der Waals surface area contributed by atoms with Crippen LogP contribution < -0.4 is 5.32 Å². The van der Waals surface area contributed by atoms with Crippen molar-refractivity contribution in [3.05, 3.63) is 99.4 Å². The third-order valence-corrected chi connectivity index (χ3v) is 7.31. The molecule has 0 radical (unpaired) electrons. The number of aromatic nitrogens is 2. The number of hydrogen-bond acceptors (Lipinski definition) is 4. The quantitative estimate of drug-likeness (QED) is 0.287. The number of aryl methyl sites for hydroxylation is 5. The van der Waals surface area contributed by atoms with Gasteiger partial charge in [0.2, 0.25) is 0 Å². The van der Waals surface area contributed by atoms with Crippen molar-refractivity contribution in [2.45, 2.75) is 34.6 Å². The number of pyridine rings is 1. The van der Waals surface area contributed by atoms with E-state index in [-0.39, 0.29) is 5.91 Å². The van der Waals surface area contributed by atoms with Gasteiger partial charge in [-0.3, -0.25) is 10.1 Å². The number of amides is 1. The molecular weight excluding hydrogens is 450 g/mol. The van der Waals surface area contributed by atoms with Crippen LogP contribution in [0.2, 0.25) is 0 Å². The van der Waals surface area contributed by atoms with E-state index in [0.717, 1.165) is 38.3 Å². The summed E-state index contributed by atoms with van der Waals surface area (Å²) in [5, 5.41) is 4.47. The number of para-hydroxylation sites is 1. The van der Waals surface area contributed by atoms with E-state index in [1.165, 1.54) is 33.6 Å². The lowest BCUT2D eigenvalue weighted by Crippen LogP contribution is -2.13. The first-order valence-corrected chi connectivity index (χ1v) is 12.5. The molecule has 0 bridgehead atoms. The van der Waals surface area contributed by atoms with Gasteiger partial charge in [-0.15, -0.1) is 11.3 Å². The number of anilines is 1. The second kappa shape index (κ2) is 9.08. The predicted octanol–water partition coefficient (Wildman–Crippen LogP) is 7.82. The number of benzene rings is 3. The lowest BCUT2D eigenvalue weighted by molar-refractivity contribution is 0.102. The molecule has 0 atom stereocenters. The number of hydrogen-bond donors (Lipinski definition) is 1. The topological polar surface area (TPSA) is 54.9 Å². The van der Waals surface area contributed by atoms with Crippen LogP contribution in [0.4, 0.5) is 5.13 Å². The SMILES string of the molecule is Cc1ccc(C)c(-c2nc(NC(=O)c3cc(-c4ccc(C)c(C)c4)nc4ccccc34)sc2C)c1. The molecule has 2 aromatic heterocycles. The Morgan fingerprint density at radius 1 is 0.800 bits per heavy atom. The molecule has 0 saturated heterocycles. The van der Waals surface area contributed by atoms with Crippen LogP contribution >= 0.6 is 11.3 Å². The molecule has 0 aliphatic heterocycles. The smallest absolute Gasteiger partial charge is 0.258 e. The molecule has 1 N–H and O–H groups in total. The minimum Gasteiger partial charge on any atom is -0.298 e.